The van der Waals surface area contributed by atoms with E-state index in [0.717, 1.165) is 10.2 Å². The van der Waals surface area contributed by atoms with E-state index in [-0.39, 0.29) is 11.9 Å². The van der Waals surface area contributed by atoms with Crippen LogP contribution in [-0.4, -0.2) is 41.8 Å². The molecule has 0 radical (unpaired) electrons. The van der Waals surface area contributed by atoms with Gasteiger partial charge in [-0.2, -0.15) is 0 Å². The van der Waals surface area contributed by atoms with Crippen molar-refractivity contribution in [3.63, 3.8) is 0 Å². The molecule has 0 saturated carbocycles. The number of amides is 1. The number of fused-ring (bicyclic) bond motifs is 1. The molecule has 1 aliphatic heterocycles. The van der Waals surface area contributed by atoms with Gasteiger partial charge >= 0.3 is 0 Å². The molecule has 1 aromatic carbocycles. The lowest BCUT2D eigenvalue weighted by Gasteiger charge is -2.08. The number of β-amino-alcohol motifs (C(OH)–C–C–N with tert-alkyl or cyclic N) is 1. The van der Waals surface area contributed by atoms with E-state index in [9.17, 15) is 9.90 Å². The summed E-state index contributed by atoms with van der Waals surface area (Å²) in [6.07, 6.45) is -0.0266. The number of rotatable bonds is 3. The van der Waals surface area contributed by atoms with E-state index >= 15 is 0 Å². The van der Waals surface area contributed by atoms with Gasteiger partial charge in [0.25, 0.3) is 0 Å². The Bertz CT molecular complexity index is 643. The molecule has 2 aromatic rings. The highest BCUT2D eigenvalue weighted by Crippen LogP contribution is 2.32. The fourth-order valence-electron chi connectivity index (χ4n) is 2.25. The number of nitrogens with zero attached hydrogens (tertiary/aromatic N) is 1. The fraction of sp³-hybridized carbons (Fsp3) is 0.385. The minimum atomic E-state index is -0.457. The third-order valence-corrected chi connectivity index (χ3v) is 4.19. The topological polar surface area (TPSA) is 83.5 Å². The molecule has 0 aliphatic carbocycles. The summed E-state index contributed by atoms with van der Waals surface area (Å²) in [5.74, 6) is 0.522. The number of ether oxygens (including phenoxy) is 1. The predicted molar refractivity (Wildman–Crippen MR) is 77.2 cm³/mol. The van der Waals surface area contributed by atoms with Crippen molar-refractivity contribution in [1.29, 1.82) is 0 Å². The average molecular weight is 293 g/mol. The van der Waals surface area contributed by atoms with E-state index in [1.54, 1.807) is 7.11 Å². The molecule has 7 heteroatoms. The van der Waals surface area contributed by atoms with Gasteiger partial charge in [-0.15, -0.1) is 0 Å². The van der Waals surface area contributed by atoms with Crippen molar-refractivity contribution in [3.05, 3.63) is 18.2 Å². The largest absolute Gasteiger partial charge is 0.494 e. The molecule has 0 spiro atoms. The second-order valence-corrected chi connectivity index (χ2v) is 5.70. The Morgan fingerprint density at radius 3 is 3.15 bits per heavy atom. The SMILES string of the molecule is COc1cccc2sc(NC(=O)[C@H]3C[C@H](O)CN3)nc12. The molecule has 1 fully saturated rings. The van der Waals surface area contributed by atoms with Crippen molar-refractivity contribution in [2.24, 2.45) is 0 Å². The van der Waals surface area contributed by atoms with Crippen LogP contribution in [0.3, 0.4) is 0 Å². The molecule has 0 unspecified atom stereocenters. The predicted octanol–water partition coefficient (Wildman–Crippen LogP) is 0.966. The maximum Gasteiger partial charge on any atom is 0.243 e. The zero-order chi connectivity index (χ0) is 14.1. The number of carbonyl (C=O) groups excluding carboxylic acids is 1. The first kappa shape index (κ1) is 13.3. The number of para-hydroxylation sites is 1. The zero-order valence-corrected chi connectivity index (χ0v) is 11.7. The van der Waals surface area contributed by atoms with Gasteiger partial charge in [0, 0.05) is 6.54 Å². The second-order valence-electron chi connectivity index (χ2n) is 4.67. The van der Waals surface area contributed by atoms with Gasteiger partial charge in [0.1, 0.15) is 11.3 Å². The number of aromatic nitrogens is 1. The maximum atomic E-state index is 12.0. The fourth-order valence-corrected chi connectivity index (χ4v) is 3.14. The monoisotopic (exact) mass is 293 g/mol. The van der Waals surface area contributed by atoms with Gasteiger partial charge in [-0.1, -0.05) is 17.4 Å². The molecule has 0 bridgehead atoms. The third-order valence-electron chi connectivity index (χ3n) is 3.26. The Hall–Kier alpha value is -1.70. The number of hydrogen-bond donors (Lipinski definition) is 3. The first-order chi connectivity index (χ1) is 9.67. The summed E-state index contributed by atoms with van der Waals surface area (Å²) in [6.45, 7) is 0.450. The number of aliphatic hydroxyl groups is 1. The number of hydrogen-bond acceptors (Lipinski definition) is 6. The molecular weight excluding hydrogens is 278 g/mol. The van der Waals surface area contributed by atoms with E-state index in [4.69, 9.17) is 4.74 Å². The molecule has 1 aromatic heterocycles. The summed E-state index contributed by atoms with van der Waals surface area (Å²) in [5, 5.41) is 15.7. The number of thiazole rings is 1. The van der Waals surface area contributed by atoms with Crippen molar-refractivity contribution >= 4 is 32.6 Å². The van der Waals surface area contributed by atoms with Gasteiger partial charge in [-0.3, -0.25) is 4.79 Å². The van der Waals surface area contributed by atoms with Crippen molar-refractivity contribution in [2.75, 3.05) is 19.0 Å². The molecule has 2 heterocycles. The standard InChI is InChI=1S/C13H15N3O3S/c1-19-9-3-2-4-10-11(9)15-13(20-10)16-12(18)8-5-7(17)6-14-8/h2-4,7-8,14,17H,5-6H2,1H3,(H,15,16,18)/t7-,8+/m0/s1. The van der Waals surface area contributed by atoms with Gasteiger partial charge in [0.2, 0.25) is 5.91 Å². The number of methoxy groups -OCH3 is 1. The number of anilines is 1. The van der Waals surface area contributed by atoms with Crippen LogP contribution >= 0.6 is 11.3 Å². The lowest BCUT2D eigenvalue weighted by molar-refractivity contribution is -0.117. The molecule has 20 heavy (non-hydrogen) atoms. The molecule has 3 N–H and O–H groups in total. The van der Waals surface area contributed by atoms with Crippen LogP contribution < -0.4 is 15.4 Å². The van der Waals surface area contributed by atoms with Crippen molar-refractivity contribution in [1.82, 2.24) is 10.3 Å². The van der Waals surface area contributed by atoms with E-state index < -0.39 is 6.10 Å². The smallest absolute Gasteiger partial charge is 0.243 e. The van der Waals surface area contributed by atoms with Crippen molar-refractivity contribution in [2.45, 2.75) is 18.6 Å². The average Bonchev–Trinajstić information content (AvgIpc) is 3.03. The lowest BCUT2D eigenvalue weighted by Crippen LogP contribution is -2.35. The summed E-state index contributed by atoms with van der Waals surface area (Å²) in [7, 11) is 1.59. The van der Waals surface area contributed by atoms with Crippen LogP contribution in [0.1, 0.15) is 6.42 Å². The third kappa shape index (κ3) is 2.47. The summed E-state index contributed by atoms with van der Waals surface area (Å²) in [6, 6.07) is 5.30. The number of benzene rings is 1. The molecule has 1 aliphatic rings. The highest BCUT2D eigenvalue weighted by atomic mass is 32.1. The Morgan fingerprint density at radius 1 is 1.60 bits per heavy atom. The summed E-state index contributed by atoms with van der Waals surface area (Å²) >= 11 is 1.40. The van der Waals surface area contributed by atoms with Gasteiger partial charge in [-0.05, 0) is 18.6 Å². The second kappa shape index (κ2) is 5.35. The van der Waals surface area contributed by atoms with Crippen molar-refractivity contribution in [3.8, 4) is 5.75 Å². The van der Waals surface area contributed by atoms with Crippen LogP contribution in [0.2, 0.25) is 0 Å². The van der Waals surface area contributed by atoms with Crippen LogP contribution in [0.25, 0.3) is 10.2 Å². The van der Waals surface area contributed by atoms with Gasteiger partial charge < -0.3 is 20.5 Å². The zero-order valence-electron chi connectivity index (χ0n) is 10.9. The van der Waals surface area contributed by atoms with Gasteiger partial charge in [0.05, 0.1) is 24.0 Å². The molecular formula is C13H15N3O3S. The summed E-state index contributed by atoms with van der Waals surface area (Å²) in [5.41, 5.74) is 0.745. The van der Waals surface area contributed by atoms with Crippen LogP contribution in [0, 0.1) is 0 Å². The minimum Gasteiger partial charge on any atom is -0.494 e. The van der Waals surface area contributed by atoms with Crippen LogP contribution in [0.5, 0.6) is 5.75 Å². The molecule has 3 rings (SSSR count). The first-order valence-corrected chi connectivity index (χ1v) is 7.15. The molecule has 1 amide bonds. The molecule has 1 saturated heterocycles. The Balaban J connectivity index is 1.79. The van der Waals surface area contributed by atoms with E-state index in [0.29, 0.717) is 23.8 Å². The molecule has 2 atom stereocenters. The molecule has 6 nitrogen and oxygen atoms in total. The maximum absolute atomic E-state index is 12.0. The lowest BCUT2D eigenvalue weighted by atomic mass is 10.2. The van der Waals surface area contributed by atoms with Crippen LogP contribution in [0.4, 0.5) is 5.13 Å². The Labute approximate surface area is 119 Å². The van der Waals surface area contributed by atoms with Gasteiger partial charge in [0.15, 0.2) is 5.13 Å². The highest BCUT2D eigenvalue weighted by molar-refractivity contribution is 7.22. The molecule has 106 valence electrons. The Kier molecular flexibility index (Phi) is 3.56. The van der Waals surface area contributed by atoms with Crippen molar-refractivity contribution < 1.29 is 14.6 Å². The number of nitrogens with one attached hydrogen (secondary N) is 2. The van der Waals surface area contributed by atoms with E-state index in [1.807, 2.05) is 18.2 Å². The van der Waals surface area contributed by atoms with Gasteiger partial charge in [-0.25, -0.2) is 4.98 Å². The quantitative estimate of drug-likeness (QED) is 0.785. The minimum absolute atomic E-state index is 0.167. The van der Waals surface area contributed by atoms with Crippen LogP contribution in [0.15, 0.2) is 18.2 Å². The number of aliphatic hydroxyl groups excluding tert-OH is 1. The number of carbonyl (C=O) groups is 1. The highest BCUT2D eigenvalue weighted by Gasteiger charge is 2.28. The summed E-state index contributed by atoms with van der Waals surface area (Å²) < 4.78 is 6.20. The van der Waals surface area contributed by atoms with Crippen LogP contribution in [-0.2, 0) is 4.79 Å². The van der Waals surface area contributed by atoms with E-state index in [2.05, 4.69) is 15.6 Å². The first-order valence-electron chi connectivity index (χ1n) is 6.33. The van der Waals surface area contributed by atoms with E-state index in [1.165, 1.54) is 11.3 Å². The normalized spacial score (nSPS) is 22.1. The Morgan fingerprint density at radius 2 is 2.45 bits per heavy atom. The summed E-state index contributed by atoms with van der Waals surface area (Å²) in [4.78, 5) is 16.4.